The summed E-state index contributed by atoms with van der Waals surface area (Å²) in [5.41, 5.74) is 7.24. The number of aromatic hydroxyl groups is 2. The van der Waals surface area contributed by atoms with Crippen molar-refractivity contribution in [2.75, 3.05) is 5.43 Å². The smallest absolute Gasteiger partial charge is 0.203 e. The molecular formula is C19H19N3O2S. The molecule has 1 aromatic heterocycles. The van der Waals surface area contributed by atoms with Crippen LogP contribution >= 0.6 is 11.3 Å². The molecule has 3 N–H and O–H groups in total. The summed E-state index contributed by atoms with van der Waals surface area (Å²) in [5.74, 6) is 0.280. The molecule has 3 aromatic rings. The van der Waals surface area contributed by atoms with Gasteiger partial charge in [0.1, 0.15) is 11.5 Å². The lowest BCUT2D eigenvalue weighted by atomic mass is 10.0. The molecule has 0 atom stereocenters. The van der Waals surface area contributed by atoms with Crippen LogP contribution in [0, 0.1) is 13.8 Å². The SMILES string of the molecule is C/C(=N\Nc1nc(-c2cc(O)c(C)c(C)c2O)cs1)c1ccccc1. The highest BCUT2D eigenvalue weighted by atomic mass is 32.1. The maximum absolute atomic E-state index is 10.3. The molecule has 2 aromatic carbocycles. The molecule has 128 valence electrons. The van der Waals surface area contributed by atoms with Crippen molar-refractivity contribution < 1.29 is 10.2 Å². The Balaban J connectivity index is 1.84. The predicted molar refractivity (Wildman–Crippen MR) is 103 cm³/mol. The average Bonchev–Trinajstić information content (AvgIpc) is 3.10. The van der Waals surface area contributed by atoms with E-state index < -0.39 is 0 Å². The first-order valence-electron chi connectivity index (χ1n) is 7.81. The van der Waals surface area contributed by atoms with Crippen LogP contribution in [-0.4, -0.2) is 20.9 Å². The number of aromatic nitrogens is 1. The van der Waals surface area contributed by atoms with Gasteiger partial charge in [0, 0.05) is 10.9 Å². The fourth-order valence-electron chi connectivity index (χ4n) is 2.40. The zero-order chi connectivity index (χ0) is 18.0. The molecule has 6 heteroatoms. The normalized spacial score (nSPS) is 11.6. The molecule has 5 nitrogen and oxygen atoms in total. The third-order valence-electron chi connectivity index (χ3n) is 4.13. The van der Waals surface area contributed by atoms with Crippen molar-refractivity contribution in [2.45, 2.75) is 20.8 Å². The van der Waals surface area contributed by atoms with Crippen LogP contribution in [0.25, 0.3) is 11.3 Å². The van der Waals surface area contributed by atoms with Crippen LogP contribution in [0.3, 0.4) is 0 Å². The van der Waals surface area contributed by atoms with E-state index in [9.17, 15) is 10.2 Å². The van der Waals surface area contributed by atoms with Crippen molar-refractivity contribution in [1.29, 1.82) is 0 Å². The van der Waals surface area contributed by atoms with Crippen LogP contribution in [-0.2, 0) is 0 Å². The number of anilines is 1. The highest BCUT2D eigenvalue weighted by Crippen LogP contribution is 2.39. The molecule has 0 saturated heterocycles. The van der Waals surface area contributed by atoms with Crippen LogP contribution in [0.2, 0.25) is 0 Å². The lowest BCUT2D eigenvalue weighted by Gasteiger charge is -2.10. The number of hydrogen-bond donors (Lipinski definition) is 3. The minimum atomic E-state index is 0.135. The lowest BCUT2D eigenvalue weighted by molar-refractivity contribution is 0.454. The standard InChI is InChI=1S/C19H19N3O2S/c1-11-12(2)18(24)15(9-17(11)23)16-10-25-19(20-16)22-21-13(3)14-7-5-4-6-8-14/h4-10,23-24H,1-3H3,(H,20,22)/b21-13+. The van der Waals surface area contributed by atoms with Crippen LogP contribution in [0.4, 0.5) is 5.13 Å². The number of nitrogens with zero attached hydrogens (tertiary/aromatic N) is 2. The number of rotatable bonds is 4. The molecule has 0 radical (unpaired) electrons. The van der Waals surface area contributed by atoms with Crippen LogP contribution in [0.15, 0.2) is 46.9 Å². The van der Waals surface area contributed by atoms with Gasteiger partial charge in [-0.05, 0) is 43.5 Å². The molecule has 0 aliphatic heterocycles. The van der Waals surface area contributed by atoms with Gasteiger partial charge in [0.2, 0.25) is 5.13 Å². The molecule has 0 spiro atoms. The molecule has 0 bridgehead atoms. The number of benzene rings is 2. The quantitative estimate of drug-likeness (QED) is 0.362. The second-order valence-electron chi connectivity index (χ2n) is 5.75. The van der Waals surface area contributed by atoms with Gasteiger partial charge in [0.25, 0.3) is 0 Å². The second-order valence-corrected chi connectivity index (χ2v) is 6.61. The molecule has 25 heavy (non-hydrogen) atoms. The van der Waals surface area contributed by atoms with Crippen LogP contribution in [0.5, 0.6) is 11.5 Å². The highest BCUT2D eigenvalue weighted by Gasteiger charge is 2.15. The molecule has 1 heterocycles. The summed E-state index contributed by atoms with van der Waals surface area (Å²) in [6.07, 6.45) is 0. The molecule has 0 fully saturated rings. The molecule has 3 rings (SSSR count). The average molecular weight is 353 g/mol. The van der Waals surface area contributed by atoms with Gasteiger partial charge in [-0.2, -0.15) is 5.10 Å². The zero-order valence-corrected chi connectivity index (χ0v) is 15.1. The summed E-state index contributed by atoms with van der Waals surface area (Å²) < 4.78 is 0. The Hall–Kier alpha value is -2.86. The van der Waals surface area contributed by atoms with Crippen molar-refractivity contribution in [1.82, 2.24) is 4.98 Å². The van der Waals surface area contributed by atoms with Crippen molar-refractivity contribution in [2.24, 2.45) is 5.10 Å². The largest absolute Gasteiger partial charge is 0.508 e. The first-order chi connectivity index (χ1) is 12.0. The molecule has 0 saturated carbocycles. The minimum absolute atomic E-state index is 0.135. The Morgan fingerprint density at radius 3 is 2.56 bits per heavy atom. The Bertz CT molecular complexity index is 933. The summed E-state index contributed by atoms with van der Waals surface area (Å²) in [6, 6.07) is 11.4. The van der Waals surface area contributed by atoms with Gasteiger partial charge in [-0.1, -0.05) is 30.3 Å². The van der Waals surface area contributed by atoms with E-state index in [0.717, 1.165) is 11.3 Å². The summed E-state index contributed by atoms with van der Waals surface area (Å²) in [7, 11) is 0. The third kappa shape index (κ3) is 3.49. The van der Waals surface area contributed by atoms with E-state index in [4.69, 9.17) is 0 Å². The first kappa shape index (κ1) is 17.0. The van der Waals surface area contributed by atoms with E-state index in [2.05, 4.69) is 15.5 Å². The van der Waals surface area contributed by atoms with Crippen LogP contribution in [0.1, 0.15) is 23.6 Å². The van der Waals surface area contributed by atoms with Gasteiger partial charge in [0.05, 0.1) is 11.4 Å². The van der Waals surface area contributed by atoms with Crippen molar-refractivity contribution in [3.8, 4) is 22.8 Å². The minimum Gasteiger partial charge on any atom is -0.508 e. The van der Waals surface area contributed by atoms with Gasteiger partial charge >= 0.3 is 0 Å². The predicted octanol–water partition coefficient (Wildman–Crippen LogP) is 4.67. The fourth-order valence-corrected chi connectivity index (χ4v) is 3.06. The van der Waals surface area contributed by atoms with E-state index in [-0.39, 0.29) is 11.5 Å². The highest BCUT2D eigenvalue weighted by molar-refractivity contribution is 7.14. The van der Waals surface area contributed by atoms with Crippen molar-refractivity contribution >= 4 is 22.2 Å². The topological polar surface area (TPSA) is 77.7 Å². The Kier molecular flexibility index (Phi) is 4.72. The second kappa shape index (κ2) is 6.94. The molecule has 0 aliphatic carbocycles. The van der Waals surface area contributed by atoms with Gasteiger partial charge < -0.3 is 10.2 Å². The lowest BCUT2D eigenvalue weighted by Crippen LogP contribution is -1.99. The zero-order valence-electron chi connectivity index (χ0n) is 14.2. The third-order valence-corrected chi connectivity index (χ3v) is 4.88. The van der Waals surface area contributed by atoms with E-state index in [0.29, 0.717) is 27.5 Å². The van der Waals surface area contributed by atoms with E-state index in [1.54, 1.807) is 13.8 Å². The van der Waals surface area contributed by atoms with E-state index in [1.165, 1.54) is 17.4 Å². The monoisotopic (exact) mass is 353 g/mol. The van der Waals surface area contributed by atoms with Gasteiger partial charge in [-0.15, -0.1) is 11.3 Å². The van der Waals surface area contributed by atoms with E-state index in [1.807, 2.05) is 42.6 Å². The molecule has 0 unspecified atom stereocenters. The maximum atomic E-state index is 10.3. The summed E-state index contributed by atoms with van der Waals surface area (Å²) in [5, 5.41) is 27.1. The Labute approximate surface area is 150 Å². The van der Waals surface area contributed by atoms with Crippen molar-refractivity contribution in [3.05, 3.63) is 58.5 Å². The number of hydrazone groups is 1. The van der Waals surface area contributed by atoms with Gasteiger partial charge in [-0.25, -0.2) is 4.98 Å². The number of hydrogen-bond acceptors (Lipinski definition) is 6. The van der Waals surface area contributed by atoms with Crippen LogP contribution < -0.4 is 5.43 Å². The number of thiazole rings is 1. The van der Waals surface area contributed by atoms with Gasteiger partial charge in [-0.3, -0.25) is 5.43 Å². The molecule has 0 aliphatic rings. The Morgan fingerprint density at radius 1 is 1.12 bits per heavy atom. The van der Waals surface area contributed by atoms with Gasteiger partial charge in [0.15, 0.2) is 0 Å². The maximum Gasteiger partial charge on any atom is 0.203 e. The first-order valence-corrected chi connectivity index (χ1v) is 8.69. The summed E-state index contributed by atoms with van der Waals surface area (Å²) >= 11 is 1.38. The van der Waals surface area contributed by atoms with Crippen molar-refractivity contribution in [3.63, 3.8) is 0 Å². The Morgan fingerprint density at radius 2 is 1.84 bits per heavy atom. The number of phenolic OH excluding ortho intramolecular Hbond substituents is 2. The van der Waals surface area contributed by atoms with E-state index >= 15 is 0 Å². The fraction of sp³-hybridized carbons (Fsp3) is 0.158. The molecule has 0 amide bonds. The summed E-state index contributed by atoms with van der Waals surface area (Å²) in [6.45, 7) is 5.46. The number of phenols is 2. The summed E-state index contributed by atoms with van der Waals surface area (Å²) in [4.78, 5) is 4.45. The number of nitrogens with one attached hydrogen (secondary N) is 1. The molecular weight excluding hydrogens is 334 g/mol.